The summed E-state index contributed by atoms with van der Waals surface area (Å²) in [6.07, 6.45) is 3.94. The standard InChI is InChI=1S/C16H17N3O2S/c17-10-5-3-4-9(8-10)15(21)19-16-13(14(18)20)11-6-1-2-7-12(11)22-16/h3-5,8H,1-2,6-7,17H2,(H2,18,20)(H,19,21). The van der Waals surface area contributed by atoms with Crippen LogP contribution in [0.1, 0.15) is 44.0 Å². The number of hydrogen-bond donors (Lipinski definition) is 3. The van der Waals surface area contributed by atoms with Crippen LogP contribution in [0.2, 0.25) is 0 Å². The van der Waals surface area contributed by atoms with Crippen molar-refractivity contribution in [2.75, 3.05) is 11.1 Å². The zero-order valence-electron chi connectivity index (χ0n) is 12.0. The smallest absolute Gasteiger partial charge is 0.256 e. The van der Waals surface area contributed by atoms with Crippen LogP contribution >= 0.6 is 11.3 Å². The van der Waals surface area contributed by atoms with Gasteiger partial charge in [0.2, 0.25) is 0 Å². The highest BCUT2D eigenvalue weighted by Crippen LogP contribution is 2.38. The molecule has 0 atom stereocenters. The van der Waals surface area contributed by atoms with Crippen LogP contribution in [0.4, 0.5) is 10.7 Å². The Hall–Kier alpha value is -2.34. The van der Waals surface area contributed by atoms with Gasteiger partial charge in [0, 0.05) is 16.1 Å². The molecule has 1 aliphatic carbocycles. The number of anilines is 2. The lowest BCUT2D eigenvalue weighted by Gasteiger charge is -2.11. The molecule has 5 N–H and O–H groups in total. The number of carbonyl (C=O) groups excluding carboxylic acids is 2. The van der Waals surface area contributed by atoms with E-state index >= 15 is 0 Å². The molecule has 22 heavy (non-hydrogen) atoms. The van der Waals surface area contributed by atoms with E-state index < -0.39 is 5.91 Å². The van der Waals surface area contributed by atoms with Crippen LogP contribution in [0.15, 0.2) is 24.3 Å². The summed E-state index contributed by atoms with van der Waals surface area (Å²) in [6, 6.07) is 6.73. The first-order chi connectivity index (χ1) is 10.6. The van der Waals surface area contributed by atoms with E-state index in [1.54, 1.807) is 24.3 Å². The van der Waals surface area contributed by atoms with Crippen molar-refractivity contribution in [2.45, 2.75) is 25.7 Å². The van der Waals surface area contributed by atoms with Crippen molar-refractivity contribution in [3.63, 3.8) is 0 Å². The van der Waals surface area contributed by atoms with Crippen LogP contribution in [-0.4, -0.2) is 11.8 Å². The van der Waals surface area contributed by atoms with Gasteiger partial charge in [-0.1, -0.05) is 6.07 Å². The topological polar surface area (TPSA) is 98.2 Å². The lowest BCUT2D eigenvalue weighted by atomic mass is 9.95. The van der Waals surface area contributed by atoms with Gasteiger partial charge in [-0.2, -0.15) is 0 Å². The van der Waals surface area contributed by atoms with Crippen molar-refractivity contribution in [2.24, 2.45) is 5.73 Å². The molecule has 2 amide bonds. The van der Waals surface area contributed by atoms with Crippen molar-refractivity contribution >= 4 is 33.8 Å². The second-order valence-corrected chi connectivity index (χ2v) is 6.46. The SMILES string of the molecule is NC(=O)c1c(NC(=O)c2cccc(N)c2)sc2c1CCCC2. The number of thiophene rings is 1. The fraction of sp³-hybridized carbons (Fsp3) is 0.250. The molecule has 0 bridgehead atoms. The summed E-state index contributed by atoms with van der Waals surface area (Å²) in [6.45, 7) is 0. The van der Waals surface area contributed by atoms with Crippen molar-refractivity contribution in [1.82, 2.24) is 0 Å². The second kappa shape index (κ2) is 5.81. The largest absolute Gasteiger partial charge is 0.399 e. The maximum absolute atomic E-state index is 12.3. The predicted molar refractivity (Wildman–Crippen MR) is 88.3 cm³/mol. The van der Waals surface area contributed by atoms with E-state index in [1.807, 2.05) is 0 Å². The summed E-state index contributed by atoms with van der Waals surface area (Å²) in [5.41, 5.74) is 13.7. The van der Waals surface area contributed by atoms with Gasteiger partial charge in [-0.15, -0.1) is 11.3 Å². The minimum absolute atomic E-state index is 0.284. The second-order valence-electron chi connectivity index (χ2n) is 5.36. The van der Waals surface area contributed by atoms with E-state index in [4.69, 9.17) is 11.5 Å². The van der Waals surface area contributed by atoms with Crippen LogP contribution in [-0.2, 0) is 12.8 Å². The molecule has 2 aromatic rings. The molecule has 6 heteroatoms. The number of nitrogens with one attached hydrogen (secondary N) is 1. The molecule has 1 aliphatic rings. The molecule has 1 heterocycles. The molecule has 0 saturated heterocycles. The molecule has 5 nitrogen and oxygen atoms in total. The molecule has 0 unspecified atom stereocenters. The van der Waals surface area contributed by atoms with Crippen LogP contribution in [0, 0.1) is 0 Å². The molecule has 0 fully saturated rings. The van der Waals surface area contributed by atoms with Gasteiger partial charge in [0.05, 0.1) is 5.56 Å². The van der Waals surface area contributed by atoms with Crippen LogP contribution in [0.25, 0.3) is 0 Å². The van der Waals surface area contributed by atoms with Gasteiger partial charge < -0.3 is 16.8 Å². The number of benzene rings is 1. The Morgan fingerprint density at radius 3 is 2.68 bits per heavy atom. The number of carbonyl (C=O) groups is 2. The summed E-state index contributed by atoms with van der Waals surface area (Å²) in [5.74, 6) is -0.768. The minimum atomic E-state index is -0.484. The van der Waals surface area contributed by atoms with Crippen molar-refractivity contribution in [1.29, 1.82) is 0 Å². The number of aryl methyl sites for hydroxylation is 1. The highest BCUT2D eigenvalue weighted by Gasteiger charge is 2.25. The number of amides is 2. The van der Waals surface area contributed by atoms with Gasteiger partial charge in [0.25, 0.3) is 11.8 Å². The fourth-order valence-electron chi connectivity index (χ4n) is 2.77. The molecule has 1 aromatic heterocycles. The number of rotatable bonds is 3. The lowest BCUT2D eigenvalue weighted by molar-refractivity contribution is 0.100. The van der Waals surface area contributed by atoms with Crippen molar-refractivity contribution in [3.05, 3.63) is 45.8 Å². The third-order valence-corrected chi connectivity index (χ3v) is 5.00. The number of nitrogens with two attached hydrogens (primary N) is 2. The zero-order valence-corrected chi connectivity index (χ0v) is 12.8. The maximum Gasteiger partial charge on any atom is 0.256 e. The maximum atomic E-state index is 12.3. The minimum Gasteiger partial charge on any atom is -0.399 e. The quantitative estimate of drug-likeness (QED) is 0.759. The van der Waals surface area contributed by atoms with E-state index in [1.165, 1.54) is 11.3 Å². The summed E-state index contributed by atoms with van der Waals surface area (Å²) >= 11 is 1.45. The van der Waals surface area contributed by atoms with Gasteiger partial charge in [-0.25, -0.2) is 0 Å². The molecule has 1 aromatic carbocycles. The molecule has 114 valence electrons. The third-order valence-electron chi connectivity index (χ3n) is 3.79. The number of fused-ring (bicyclic) bond motifs is 1. The van der Waals surface area contributed by atoms with Gasteiger partial charge in [0.15, 0.2) is 0 Å². The van der Waals surface area contributed by atoms with E-state index in [0.29, 0.717) is 21.8 Å². The summed E-state index contributed by atoms with van der Waals surface area (Å²) in [5, 5.41) is 3.36. The molecule has 0 aliphatic heterocycles. The zero-order chi connectivity index (χ0) is 15.7. The highest BCUT2D eigenvalue weighted by atomic mass is 32.1. The van der Waals surface area contributed by atoms with Gasteiger partial charge in [-0.05, 0) is 49.4 Å². The Morgan fingerprint density at radius 1 is 1.18 bits per heavy atom. The van der Waals surface area contributed by atoms with Gasteiger partial charge in [-0.3, -0.25) is 9.59 Å². The average Bonchev–Trinajstić information content (AvgIpc) is 2.85. The first-order valence-corrected chi connectivity index (χ1v) is 7.99. The molecular formula is C16H17N3O2S. The first kappa shape index (κ1) is 14.6. The molecule has 0 radical (unpaired) electrons. The summed E-state index contributed by atoms with van der Waals surface area (Å²) in [4.78, 5) is 25.3. The molecule has 3 rings (SSSR count). The lowest BCUT2D eigenvalue weighted by Crippen LogP contribution is -2.18. The Bertz CT molecular complexity index is 752. The van der Waals surface area contributed by atoms with Crippen molar-refractivity contribution in [3.8, 4) is 0 Å². The first-order valence-electron chi connectivity index (χ1n) is 7.17. The van der Waals surface area contributed by atoms with Gasteiger partial charge >= 0.3 is 0 Å². The molecule has 0 spiro atoms. The molecule has 0 saturated carbocycles. The normalized spacial score (nSPS) is 13.5. The average molecular weight is 315 g/mol. The van der Waals surface area contributed by atoms with E-state index in [0.717, 1.165) is 36.1 Å². The Morgan fingerprint density at radius 2 is 1.95 bits per heavy atom. The monoisotopic (exact) mass is 315 g/mol. The summed E-state index contributed by atoms with van der Waals surface area (Å²) in [7, 11) is 0. The number of nitrogen functional groups attached to an aromatic ring is 1. The molecular weight excluding hydrogens is 298 g/mol. The van der Waals surface area contributed by atoms with Gasteiger partial charge in [0.1, 0.15) is 5.00 Å². The Labute approximate surface area is 132 Å². The highest BCUT2D eigenvalue weighted by molar-refractivity contribution is 7.17. The van der Waals surface area contributed by atoms with E-state index in [9.17, 15) is 9.59 Å². The third kappa shape index (κ3) is 2.69. The van der Waals surface area contributed by atoms with Crippen LogP contribution in [0.5, 0.6) is 0 Å². The van der Waals surface area contributed by atoms with Crippen LogP contribution in [0.3, 0.4) is 0 Å². The number of hydrogen-bond acceptors (Lipinski definition) is 4. The summed E-state index contributed by atoms with van der Waals surface area (Å²) < 4.78 is 0. The van der Waals surface area contributed by atoms with Crippen molar-refractivity contribution < 1.29 is 9.59 Å². The van der Waals surface area contributed by atoms with E-state index in [-0.39, 0.29) is 5.91 Å². The Balaban J connectivity index is 1.93. The van der Waals surface area contributed by atoms with E-state index in [2.05, 4.69) is 5.32 Å². The fourth-order valence-corrected chi connectivity index (χ4v) is 4.06. The predicted octanol–water partition coefficient (Wildman–Crippen LogP) is 2.56. The number of primary amides is 1. The van der Waals surface area contributed by atoms with Crippen LogP contribution < -0.4 is 16.8 Å². The Kier molecular flexibility index (Phi) is 3.85.